The molecule has 1 saturated carbocycles. The number of hydrogen-bond donors (Lipinski definition) is 1. The molecule has 1 N–H and O–H groups in total. The molecule has 0 saturated heterocycles. The number of H-pyrrole nitrogens is 1. The van der Waals surface area contributed by atoms with E-state index in [2.05, 4.69) is 60.5 Å². The number of nitrogens with zero attached hydrogens (tertiary/aromatic N) is 1. The molecule has 2 rings (SSSR count). The SMILES string of the molecule is CC(C)(C)c1[nH]c(C2CC2(C)C)nc(=S)c1Br. The predicted molar refractivity (Wildman–Crippen MR) is 77.0 cm³/mol. The number of aromatic nitrogens is 2. The molecule has 1 heterocycles. The van der Waals surface area contributed by atoms with Gasteiger partial charge in [-0.15, -0.1) is 0 Å². The van der Waals surface area contributed by atoms with E-state index < -0.39 is 0 Å². The van der Waals surface area contributed by atoms with E-state index in [1.807, 2.05) is 0 Å². The fraction of sp³-hybridized carbons (Fsp3) is 0.692. The van der Waals surface area contributed by atoms with Crippen LogP contribution in [0.3, 0.4) is 0 Å². The molecule has 2 nitrogen and oxygen atoms in total. The van der Waals surface area contributed by atoms with E-state index in [-0.39, 0.29) is 5.41 Å². The van der Waals surface area contributed by atoms with Gasteiger partial charge in [-0.25, -0.2) is 4.98 Å². The van der Waals surface area contributed by atoms with Crippen LogP contribution in [0.15, 0.2) is 4.47 Å². The molecule has 1 aromatic heterocycles. The van der Waals surface area contributed by atoms with Gasteiger partial charge in [-0.05, 0) is 27.8 Å². The first kappa shape index (κ1) is 13.2. The summed E-state index contributed by atoms with van der Waals surface area (Å²) >= 11 is 8.89. The molecule has 1 aromatic rings. The summed E-state index contributed by atoms with van der Waals surface area (Å²) in [5.74, 6) is 1.58. The minimum atomic E-state index is 0.0448. The molecule has 0 bridgehead atoms. The third kappa shape index (κ3) is 2.48. The normalized spacial score (nSPS) is 22.6. The Morgan fingerprint density at radius 3 is 2.35 bits per heavy atom. The van der Waals surface area contributed by atoms with Gasteiger partial charge in [-0.3, -0.25) is 0 Å². The van der Waals surface area contributed by atoms with Gasteiger partial charge in [0.05, 0.1) is 4.47 Å². The second-order valence-electron chi connectivity index (χ2n) is 6.61. The molecule has 0 aromatic carbocycles. The Labute approximate surface area is 116 Å². The predicted octanol–water partition coefficient (Wildman–Crippen LogP) is 4.71. The molecule has 0 radical (unpaired) electrons. The van der Waals surface area contributed by atoms with Gasteiger partial charge in [0.15, 0.2) is 0 Å². The van der Waals surface area contributed by atoms with Gasteiger partial charge in [0, 0.05) is 17.0 Å². The highest BCUT2D eigenvalue weighted by Gasteiger charge is 2.48. The summed E-state index contributed by atoms with van der Waals surface area (Å²) in [6.45, 7) is 11.1. The van der Waals surface area contributed by atoms with Crippen LogP contribution in [-0.2, 0) is 5.41 Å². The zero-order valence-corrected chi connectivity index (χ0v) is 13.4. The molecule has 0 spiro atoms. The Morgan fingerprint density at radius 2 is 1.94 bits per heavy atom. The minimum absolute atomic E-state index is 0.0448. The Kier molecular flexibility index (Phi) is 3.02. The highest BCUT2D eigenvalue weighted by Crippen LogP contribution is 2.57. The molecule has 1 atom stereocenters. The Hall–Kier alpha value is -0.220. The van der Waals surface area contributed by atoms with Crippen LogP contribution in [0.1, 0.15) is 58.5 Å². The van der Waals surface area contributed by atoms with Gasteiger partial charge in [0.2, 0.25) is 0 Å². The van der Waals surface area contributed by atoms with Crippen LogP contribution in [0.5, 0.6) is 0 Å². The summed E-state index contributed by atoms with van der Waals surface area (Å²) < 4.78 is 1.61. The van der Waals surface area contributed by atoms with Crippen molar-refractivity contribution in [3.8, 4) is 0 Å². The van der Waals surface area contributed by atoms with E-state index in [1.165, 1.54) is 6.42 Å². The van der Waals surface area contributed by atoms with Crippen molar-refractivity contribution in [2.45, 2.75) is 52.4 Å². The van der Waals surface area contributed by atoms with Gasteiger partial charge in [-0.1, -0.05) is 46.8 Å². The monoisotopic (exact) mass is 314 g/mol. The van der Waals surface area contributed by atoms with E-state index in [1.54, 1.807) is 0 Å². The van der Waals surface area contributed by atoms with Gasteiger partial charge >= 0.3 is 0 Å². The average molecular weight is 315 g/mol. The second kappa shape index (κ2) is 3.89. The Bertz CT molecular complexity index is 511. The van der Waals surface area contributed by atoms with Crippen molar-refractivity contribution < 1.29 is 0 Å². The highest BCUT2D eigenvalue weighted by molar-refractivity contribution is 9.10. The number of nitrogens with one attached hydrogen (secondary N) is 1. The zero-order valence-electron chi connectivity index (χ0n) is 11.0. The van der Waals surface area contributed by atoms with Crippen LogP contribution >= 0.6 is 28.1 Å². The van der Waals surface area contributed by atoms with Gasteiger partial charge < -0.3 is 4.98 Å². The van der Waals surface area contributed by atoms with E-state index in [4.69, 9.17) is 12.2 Å². The van der Waals surface area contributed by atoms with Crippen molar-refractivity contribution in [2.24, 2.45) is 5.41 Å². The minimum Gasteiger partial charge on any atom is -0.345 e. The molecular formula is C13H19BrN2S. The van der Waals surface area contributed by atoms with Crippen molar-refractivity contribution in [1.82, 2.24) is 9.97 Å². The lowest BCUT2D eigenvalue weighted by molar-refractivity contribution is 0.549. The topological polar surface area (TPSA) is 28.7 Å². The van der Waals surface area contributed by atoms with Crippen LogP contribution in [0.2, 0.25) is 0 Å². The van der Waals surface area contributed by atoms with Gasteiger partial charge in [-0.2, -0.15) is 0 Å². The van der Waals surface area contributed by atoms with Crippen LogP contribution < -0.4 is 0 Å². The number of aromatic amines is 1. The lowest BCUT2D eigenvalue weighted by Crippen LogP contribution is -2.17. The molecule has 1 aliphatic carbocycles. The first-order valence-corrected chi connectivity index (χ1v) is 7.13. The van der Waals surface area contributed by atoms with Crippen LogP contribution in [0.4, 0.5) is 0 Å². The molecule has 1 aliphatic rings. The van der Waals surface area contributed by atoms with E-state index in [0.717, 1.165) is 16.0 Å². The lowest BCUT2D eigenvalue weighted by atomic mass is 9.92. The van der Waals surface area contributed by atoms with E-state index in [0.29, 0.717) is 16.0 Å². The maximum absolute atomic E-state index is 5.34. The van der Waals surface area contributed by atoms with Crippen molar-refractivity contribution >= 4 is 28.1 Å². The van der Waals surface area contributed by atoms with E-state index >= 15 is 0 Å². The van der Waals surface area contributed by atoms with Crippen molar-refractivity contribution in [3.05, 3.63) is 20.6 Å². The smallest absolute Gasteiger partial charge is 0.144 e. The summed E-state index contributed by atoms with van der Waals surface area (Å²) in [5, 5.41) is 0. The Morgan fingerprint density at radius 1 is 1.41 bits per heavy atom. The summed E-state index contributed by atoms with van der Waals surface area (Å²) in [6, 6.07) is 0. The highest BCUT2D eigenvalue weighted by atomic mass is 79.9. The van der Waals surface area contributed by atoms with Crippen LogP contribution in [-0.4, -0.2) is 9.97 Å². The molecule has 94 valence electrons. The van der Waals surface area contributed by atoms with Gasteiger partial charge in [0.1, 0.15) is 10.5 Å². The lowest BCUT2D eigenvalue weighted by Gasteiger charge is -2.21. The number of halogens is 1. The van der Waals surface area contributed by atoms with Crippen LogP contribution in [0, 0.1) is 10.1 Å². The maximum Gasteiger partial charge on any atom is 0.144 e. The third-order valence-corrected chi connectivity index (χ3v) is 4.81. The molecule has 0 amide bonds. The van der Waals surface area contributed by atoms with Gasteiger partial charge in [0.25, 0.3) is 0 Å². The Balaban J connectivity index is 2.52. The molecule has 17 heavy (non-hydrogen) atoms. The maximum atomic E-state index is 5.34. The van der Waals surface area contributed by atoms with Crippen molar-refractivity contribution in [1.29, 1.82) is 0 Å². The molecular weight excluding hydrogens is 296 g/mol. The molecule has 1 fully saturated rings. The van der Waals surface area contributed by atoms with E-state index in [9.17, 15) is 0 Å². The average Bonchev–Trinajstić information content (AvgIpc) is 2.78. The fourth-order valence-corrected chi connectivity index (χ4v) is 3.07. The summed E-state index contributed by atoms with van der Waals surface area (Å²) in [7, 11) is 0. The van der Waals surface area contributed by atoms with Crippen molar-refractivity contribution in [3.63, 3.8) is 0 Å². The quantitative estimate of drug-likeness (QED) is 0.760. The third-order valence-electron chi connectivity index (χ3n) is 3.48. The first-order valence-electron chi connectivity index (χ1n) is 5.93. The standard InChI is InChI=1S/C13H19BrN2S/c1-12(2,3)9-8(14)11(17)16-10(15-9)7-6-13(7,4)5/h7H,6H2,1-5H3,(H,15,16,17). The zero-order chi connectivity index (χ0) is 13.0. The fourth-order valence-electron chi connectivity index (χ4n) is 2.09. The largest absolute Gasteiger partial charge is 0.345 e. The number of rotatable bonds is 1. The number of hydrogen-bond acceptors (Lipinski definition) is 2. The first-order chi connectivity index (χ1) is 7.63. The summed E-state index contributed by atoms with van der Waals surface area (Å²) in [6.07, 6.45) is 1.19. The summed E-state index contributed by atoms with van der Waals surface area (Å²) in [5.41, 5.74) is 1.56. The van der Waals surface area contributed by atoms with Crippen molar-refractivity contribution in [2.75, 3.05) is 0 Å². The van der Waals surface area contributed by atoms with Crippen LogP contribution in [0.25, 0.3) is 0 Å². The molecule has 0 aliphatic heterocycles. The molecule has 4 heteroatoms. The second-order valence-corrected chi connectivity index (χ2v) is 7.79. The molecule has 1 unspecified atom stereocenters. The summed E-state index contributed by atoms with van der Waals surface area (Å²) in [4.78, 5) is 8.00.